The number of guanidine groups is 1. The molecular weight excluding hydrogens is 542 g/mol. The summed E-state index contributed by atoms with van der Waals surface area (Å²) in [5, 5.41) is 0. The zero-order valence-corrected chi connectivity index (χ0v) is 24.7. The Bertz CT molecular complexity index is 1080. The number of unbranched alkanes of at least 4 members (excludes halogenated alkanes) is 1. The minimum absolute atomic E-state index is 0.119. The quantitative estimate of drug-likeness (QED) is 0.0590. The second-order valence-corrected chi connectivity index (χ2v) is 9.87. The van der Waals surface area contributed by atoms with Crippen molar-refractivity contribution in [1.82, 2.24) is 4.90 Å². The van der Waals surface area contributed by atoms with Crippen LogP contribution in [0.15, 0.2) is 57.6 Å². The van der Waals surface area contributed by atoms with E-state index < -0.39 is 24.3 Å². The van der Waals surface area contributed by atoms with Gasteiger partial charge in [-0.15, -0.1) is 0 Å². The van der Waals surface area contributed by atoms with Crippen molar-refractivity contribution in [2.45, 2.75) is 85.0 Å². The molecular formula is C31H44F6N4. The van der Waals surface area contributed by atoms with E-state index in [0.29, 0.717) is 31.5 Å². The molecule has 0 spiro atoms. The summed E-state index contributed by atoms with van der Waals surface area (Å²) in [4.78, 5) is 10.3. The maximum Gasteiger partial charge on any atom is 0.416 e. The maximum absolute atomic E-state index is 14.0. The van der Waals surface area contributed by atoms with Gasteiger partial charge < -0.3 is 10.6 Å². The van der Waals surface area contributed by atoms with Crippen LogP contribution >= 0.6 is 0 Å². The number of anilines is 1. The summed E-state index contributed by atoms with van der Waals surface area (Å²) in [6, 6.07) is 5.83. The van der Waals surface area contributed by atoms with Gasteiger partial charge in [-0.25, -0.2) is 4.99 Å². The first-order valence-electron chi connectivity index (χ1n) is 14.1. The second kappa shape index (κ2) is 17.7. The summed E-state index contributed by atoms with van der Waals surface area (Å²) in [5.41, 5.74) is 7.44. The molecule has 2 N–H and O–H groups in total. The molecule has 230 valence electrons. The summed E-state index contributed by atoms with van der Waals surface area (Å²) in [6.45, 7) is 7.66. The van der Waals surface area contributed by atoms with Gasteiger partial charge in [-0.05, 0) is 61.1 Å². The highest BCUT2D eigenvalue weighted by molar-refractivity contribution is 5.88. The van der Waals surface area contributed by atoms with E-state index in [1.54, 1.807) is 18.0 Å². The van der Waals surface area contributed by atoms with Crippen LogP contribution in [0.25, 0.3) is 6.08 Å². The van der Waals surface area contributed by atoms with Crippen molar-refractivity contribution in [3.05, 3.63) is 58.7 Å². The lowest BCUT2D eigenvalue weighted by Gasteiger charge is -2.27. The summed E-state index contributed by atoms with van der Waals surface area (Å²) in [7, 11) is 1.50. The third kappa shape index (κ3) is 13.4. The van der Waals surface area contributed by atoms with E-state index in [0.717, 1.165) is 24.0 Å². The number of nitrogens with zero attached hydrogens (tertiary/aromatic N) is 3. The van der Waals surface area contributed by atoms with Crippen LogP contribution in [-0.4, -0.2) is 49.6 Å². The fourth-order valence-corrected chi connectivity index (χ4v) is 4.05. The molecule has 0 radical (unpaired) electrons. The molecule has 0 aliphatic rings. The van der Waals surface area contributed by atoms with E-state index in [1.807, 2.05) is 51.1 Å². The molecule has 0 saturated carbocycles. The van der Waals surface area contributed by atoms with Gasteiger partial charge in [0.05, 0.1) is 12.0 Å². The highest BCUT2D eigenvalue weighted by atomic mass is 19.4. The lowest BCUT2D eigenvalue weighted by atomic mass is 10.0. The normalized spacial score (nSPS) is 14.9. The fraction of sp³-hybridized carbons (Fsp3) is 0.548. The average molecular weight is 587 g/mol. The number of hydrogen-bond acceptors (Lipinski definition) is 2. The van der Waals surface area contributed by atoms with Crippen molar-refractivity contribution in [2.75, 3.05) is 25.9 Å². The predicted molar refractivity (Wildman–Crippen MR) is 159 cm³/mol. The van der Waals surface area contributed by atoms with Crippen LogP contribution in [0.2, 0.25) is 0 Å². The topological polar surface area (TPSA) is 54.0 Å². The molecule has 0 aliphatic heterocycles. The zero-order chi connectivity index (χ0) is 31.1. The van der Waals surface area contributed by atoms with E-state index in [4.69, 9.17) is 5.73 Å². The first-order valence-corrected chi connectivity index (χ1v) is 14.1. The lowest BCUT2D eigenvalue weighted by molar-refractivity contribution is -0.126. The van der Waals surface area contributed by atoms with Crippen LogP contribution in [0.5, 0.6) is 0 Å². The van der Waals surface area contributed by atoms with Gasteiger partial charge in [0, 0.05) is 32.0 Å². The van der Waals surface area contributed by atoms with Crippen LogP contribution < -0.4 is 5.73 Å². The Kier molecular flexibility index (Phi) is 15.5. The van der Waals surface area contributed by atoms with Crippen LogP contribution in [0, 0.1) is 5.92 Å². The molecule has 41 heavy (non-hydrogen) atoms. The first kappa shape index (κ1) is 36.0. The van der Waals surface area contributed by atoms with Gasteiger partial charge in [0.2, 0.25) is 5.96 Å². The van der Waals surface area contributed by atoms with E-state index in [9.17, 15) is 26.3 Å². The van der Waals surface area contributed by atoms with Crippen molar-refractivity contribution in [1.29, 1.82) is 0 Å². The van der Waals surface area contributed by atoms with Crippen molar-refractivity contribution in [2.24, 2.45) is 15.9 Å². The third-order valence-electron chi connectivity index (χ3n) is 6.46. The number of halogens is 6. The van der Waals surface area contributed by atoms with E-state index in [1.165, 1.54) is 13.1 Å². The lowest BCUT2D eigenvalue weighted by Crippen LogP contribution is -2.34. The Morgan fingerprint density at radius 2 is 1.73 bits per heavy atom. The number of benzene rings is 1. The van der Waals surface area contributed by atoms with Crippen LogP contribution in [0.1, 0.15) is 77.3 Å². The molecule has 1 rings (SSSR count). The third-order valence-corrected chi connectivity index (χ3v) is 6.46. The molecule has 1 aromatic rings. The molecule has 0 bridgehead atoms. The second-order valence-electron chi connectivity index (χ2n) is 9.87. The smallest absolute Gasteiger partial charge is 0.398 e. The average Bonchev–Trinajstić information content (AvgIpc) is 2.89. The van der Waals surface area contributed by atoms with E-state index in [2.05, 4.69) is 9.98 Å². The molecule has 1 atom stereocenters. The van der Waals surface area contributed by atoms with Crippen LogP contribution in [0.3, 0.4) is 0 Å². The molecule has 0 amide bonds. The number of nitrogen functional groups attached to an aromatic ring is 1. The van der Waals surface area contributed by atoms with Gasteiger partial charge in [0.1, 0.15) is 0 Å². The molecule has 10 heteroatoms. The number of rotatable bonds is 14. The highest BCUT2D eigenvalue weighted by Gasteiger charge is 2.38. The molecule has 0 saturated heterocycles. The number of aryl methyl sites for hydroxylation is 1. The summed E-state index contributed by atoms with van der Waals surface area (Å²) >= 11 is 0. The van der Waals surface area contributed by atoms with Crippen molar-refractivity contribution < 1.29 is 26.3 Å². The van der Waals surface area contributed by atoms with Crippen molar-refractivity contribution in [3.63, 3.8) is 0 Å². The largest absolute Gasteiger partial charge is 0.416 e. The fourth-order valence-electron chi connectivity index (χ4n) is 4.05. The molecule has 1 aromatic carbocycles. The SMILES string of the molecule is CC/C=C\c1cccc(CCCCN(CC(=C/CC)/C(=C\CC(F)(F)F)C(F)(F)F)C(=NC)/N=C\C(C)CC)c1N. The molecule has 4 nitrogen and oxygen atoms in total. The van der Waals surface area contributed by atoms with Gasteiger partial charge in [0.25, 0.3) is 0 Å². The number of allylic oxidation sites excluding steroid dienone is 3. The Hall–Kier alpha value is -3.04. The van der Waals surface area contributed by atoms with Crippen LogP contribution in [0.4, 0.5) is 32.0 Å². The van der Waals surface area contributed by atoms with Gasteiger partial charge >= 0.3 is 12.4 Å². The molecule has 0 aromatic heterocycles. The number of hydrogen-bond donors (Lipinski definition) is 1. The Morgan fingerprint density at radius 3 is 2.29 bits per heavy atom. The Labute approximate surface area is 240 Å². The van der Waals surface area contributed by atoms with Gasteiger partial charge in [-0.2, -0.15) is 26.3 Å². The predicted octanol–water partition coefficient (Wildman–Crippen LogP) is 9.20. The van der Waals surface area contributed by atoms with E-state index >= 15 is 0 Å². The summed E-state index contributed by atoms with van der Waals surface area (Å²) in [6.07, 6.45) is -0.260. The first-order chi connectivity index (χ1) is 19.3. The van der Waals surface area contributed by atoms with Gasteiger partial charge in [-0.3, -0.25) is 4.99 Å². The minimum Gasteiger partial charge on any atom is -0.398 e. The minimum atomic E-state index is -4.95. The monoisotopic (exact) mass is 586 g/mol. The van der Waals surface area contributed by atoms with Gasteiger partial charge in [-0.1, -0.05) is 70.2 Å². The summed E-state index contributed by atoms with van der Waals surface area (Å²) < 4.78 is 80.5. The molecule has 0 fully saturated rings. The standard InChI is InChI=1S/C31H44F6N4/c1-6-9-14-24-16-12-17-25(28(24)38)15-10-11-20-41(29(39-5)40-21-23(4)8-3)22-26(13-7-2)27(31(35,36)37)18-19-30(32,33)34/h9,12-14,16-18,21,23H,6-8,10-11,15,19-20,22,38H2,1-5H3/b14-9-,26-13-,27-18+,39-29?,40-21-. The van der Waals surface area contributed by atoms with Gasteiger partial charge in [0.15, 0.2) is 0 Å². The highest BCUT2D eigenvalue weighted by Crippen LogP contribution is 2.34. The number of para-hydroxylation sites is 1. The Balaban J connectivity index is 3.27. The van der Waals surface area contributed by atoms with Crippen LogP contribution in [-0.2, 0) is 6.42 Å². The van der Waals surface area contributed by atoms with Crippen molar-refractivity contribution >= 4 is 23.9 Å². The number of nitrogens with two attached hydrogens (primary N) is 1. The van der Waals surface area contributed by atoms with E-state index in [-0.39, 0.29) is 36.5 Å². The molecule has 0 aliphatic carbocycles. The van der Waals surface area contributed by atoms with Crippen molar-refractivity contribution in [3.8, 4) is 0 Å². The molecule has 0 heterocycles. The number of alkyl halides is 6. The number of aliphatic imine (C=N–C) groups is 2. The maximum atomic E-state index is 14.0. The molecule has 1 unspecified atom stereocenters. The summed E-state index contributed by atoms with van der Waals surface area (Å²) in [5.74, 6) is 0.351. The zero-order valence-electron chi connectivity index (χ0n) is 24.7. The Morgan fingerprint density at radius 1 is 1.02 bits per heavy atom.